The average molecular weight is 273 g/mol. The summed E-state index contributed by atoms with van der Waals surface area (Å²) in [4.78, 5) is 14.7. The molecule has 0 fully saturated rings. The summed E-state index contributed by atoms with van der Waals surface area (Å²) in [7, 11) is 1.54. The van der Waals surface area contributed by atoms with Crippen LogP contribution < -0.4 is 10.1 Å². The van der Waals surface area contributed by atoms with Crippen molar-refractivity contribution in [3.63, 3.8) is 0 Å². The molecule has 20 heavy (non-hydrogen) atoms. The van der Waals surface area contributed by atoms with Gasteiger partial charge in [-0.05, 0) is 24.6 Å². The van der Waals surface area contributed by atoms with Gasteiger partial charge in [-0.15, -0.1) is 0 Å². The third kappa shape index (κ3) is 3.03. The van der Waals surface area contributed by atoms with Gasteiger partial charge in [0.15, 0.2) is 0 Å². The Morgan fingerprint density at radius 2 is 2.20 bits per heavy atom. The second-order valence-corrected chi connectivity index (χ2v) is 4.30. The first kappa shape index (κ1) is 13.8. The van der Waals surface area contributed by atoms with Gasteiger partial charge in [-0.2, -0.15) is 0 Å². The minimum absolute atomic E-state index is 0.0541. The molecule has 2 rings (SSSR count). The number of ether oxygens (including phenoxy) is 1. The number of nitrogens with one attached hydrogen (secondary N) is 1. The van der Waals surface area contributed by atoms with E-state index in [2.05, 4.69) is 10.3 Å². The first-order valence-corrected chi connectivity index (χ1v) is 6.08. The molecule has 0 saturated heterocycles. The smallest absolute Gasteiger partial charge is 0.292 e. The number of aromatic nitrogens is 1. The van der Waals surface area contributed by atoms with E-state index in [-0.39, 0.29) is 5.69 Å². The van der Waals surface area contributed by atoms with Gasteiger partial charge in [0.25, 0.3) is 5.69 Å². The van der Waals surface area contributed by atoms with E-state index in [0.717, 1.165) is 11.1 Å². The van der Waals surface area contributed by atoms with E-state index in [9.17, 15) is 10.1 Å². The highest BCUT2D eigenvalue weighted by Crippen LogP contribution is 2.26. The molecule has 2 aromatic rings. The Kier molecular flexibility index (Phi) is 4.14. The zero-order valence-corrected chi connectivity index (χ0v) is 11.3. The molecule has 0 bridgehead atoms. The molecule has 0 unspecified atom stereocenters. The van der Waals surface area contributed by atoms with Gasteiger partial charge in [0.1, 0.15) is 5.69 Å². The minimum Gasteiger partial charge on any atom is -0.481 e. The van der Waals surface area contributed by atoms with Crippen LogP contribution in [0.25, 0.3) is 0 Å². The lowest BCUT2D eigenvalue weighted by Crippen LogP contribution is -2.05. The lowest BCUT2D eigenvalue weighted by Gasteiger charge is -2.10. The Labute approximate surface area is 116 Å². The number of nitro groups is 1. The van der Waals surface area contributed by atoms with E-state index >= 15 is 0 Å². The first-order chi connectivity index (χ1) is 9.61. The van der Waals surface area contributed by atoms with Crippen LogP contribution in [-0.4, -0.2) is 17.0 Å². The number of aryl methyl sites for hydroxylation is 1. The predicted molar refractivity (Wildman–Crippen MR) is 75.9 cm³/mol. The van der Waals surface area contributed by atoms with Gasteiger partial charge in [0.2, 0.25) is 5.88 Å². The maximum atomic E-state index is 11.0. The van der Waals surface area contributed by atoms with Crippen LogP contribution in [0, 0.1) is 17.0 Å². The number of hydrogen-bond acceptors (Lipinski definition) is 5. The van der Waals surface area contributed by atoms with E-state index in [4.69, 9.17) is 4.74 Å². The van der Waals surface area contributed by atoms with Crippen molar-refractivity contribution in [1.82, 2.24) is 4.98 Å². The molecular formula is C14H15N3O3. The molecule has 0 amide bonds. The van der Waals surface area contributed by atoms with Gasteiger partial charge in [-0.1, -0.05) is 12.1 Å². The second kappa shape index (κ2) is 6.01. The molecule has 104 valence electrons. The fourth-order valence-electron chi connectivity index (χ4n) is 1.88. The Balaban J connectivity index is 2.22. The molecule has 6 heteroatoms. The van der Waals surface area contributed by atoms with Gasteiger partial charge in [0, 0.05) is 24.4 Å². The lowest BCUT2D eigenvalue weighted by atomic mass is 10.2. The van der Waals surface area contributed by atoms with Crippen LogP contribution in [0.15, 0.2) is 36.5 Å². The van der Waals surface area contributed by atoms with E-state index in [1.807, 2.05) is 13.0 Å². The number of hydrogen-bond donors (Lipinski definition) is 1. The predicted octanol–water partition coefficient (Wildman–Crippen LogP) is 2.92. The molecule has 1 aromatic heterocycles. The van der Waals surface area contributed by atoms with Gasteiger partial charge in [-0.3, -0.25) is 10.1 Å². The lowest BCUT2D eigenvalue weighted by molar-refractivity contribution is -0.384. The average Bonchev–Trinajstić information content (AvgIpc) is 2.45. The summed E-state index contributed by atoms with van der Waals surface area (Å²) in [5.41, 5.74) is 2.33. The number of nitrogens with zero attached hydrogens (tertiary/aromatic N) is 2. The molecule has 0 aliphatic heterocycles. The molecule has 0 saturated carbocycles. The Hall–Kier alpha value is -2.63. The fourth-order valence-corrected chi connectivity index (χ4v) is 1.88. The summed E-state index contributed by atoms with van der Waals surface area (Å²) in [6.07, 6.45) is 1.64. The zero-order valence-electron chi connectivity index (χ0n) is 11.3. The number of benzene rings is 1. The van der Waals surface area contributed by atoms with Crippen molar-refractivity contribution < 1.29 is 9.66 Å². The van der Waals surface area contributed by atoms with Crippen molar-refractivity contribution in [1.29, 1.82) is 0 Å². The van der Waals surface area contributed by atoms with Crippen molar-refractivity contribution in [2.75, 3.05) is 12.4 Å². The molecule has 1 N–H and O–H groups in total. The molecule has 1 heterocycles. The van der Waals surface area contributed by atoms with Gasteiger partial charge < -0.3 is 10.1 Å². The van der Waals surface area contributed by atoms with E-state index < -0.39 is 4.92 Å². The Morgan fingerprint density at radius 3 is 2.90 bits per heavy atom. The summed E-state index contributed by atoms with van der Waals surface area (Å²) in [6.45, 7) is 2.29. The van der Waals surface area contributed by atoms with Crippen LogP contribution >= 0.6 is 0 Å². The van der Waals surface area contributed by atoms with Crippen LogP contribution in [0.3, 0.4) is 0 Å². The van der Waals surface area contributed by atoms with Crippen molar-refractivity contribution in [3.8, 4) is 5.88 Å². The minimum atomic E-state index is -0.401. The number of nitro benzene ring substituents is 1. The Morgan fingerprint density at radius 1 is 1.40 bits per heavy atom. The second-order valence-electron chi connectivity index (χ2n) is 4.30. The fraction of sp³-hybridized carbons (Fsp3) is 0.214. The third-order valence-electron chi connectivity index (χ3n) is 2.86. The molecular weight excluding hydrogens is 258 g/mol. The van der Waals surface area contributed by atoms with Crippen LogP contribution in [0.4, 0.5) is 11.4 Å². The molecule has 0 aliphatic rings. The number of pyridine rings is 1. The maximum absolute atomic E-state index is 11.0. The highest BCUT2D eigenvalue weighted by molar-refractivity contribution is 5.62. The summed E-state index contributed by atoms with van der Waals surface area (Å²) in [6, 6.07) is 8.62. The SMILES string of the molecule is COc1ncccc1CNc1cc(C)ccc1[N+](=O)[O-]. The molecule has 0 radical (unpaired) electrons. The van der Waals surface area contributed by atoms with E-state index in [1.165, 1.54) is 6.07 Å². The standard InChI is InChI=1S/C14H15N3O3/c1-10-5-6-13(17(18)19)12(8-10)16-9-11-4-3-7-15-14(11)20-2/h3-8,16H,9H2,1-2H3. The number of rotatable bonds is 5. The summed E-state index contributed by atoms with van der Waals surface area (Å²) < 4.78 is 5.15. The number of anilines is 1. The highest BCUT2D eigenvalue weighted by atomic mass is 16.6. The topological polar surface area (TPSA) is 77.3 Å². The van der Waals surface area contributed by atoms with Gasteiger partial charge in [-0.25, -0.2) is 4.98 Å². The van der Waals surface area contributed by atoms with E-state index in [1.54, 1.807) is 31.5 Å². The van der Waals surface area contributed by atoms with Crippen LogP contribution in [0.1, 0.15) is 11.1 Å². The quantitative estimate of drug-likeness (QED) is 0.669. The summed E-state index contributed by atoms with van der Waals surface area (Å²) in [5, 5.41) is 14.1. The summed E-state index contributed by atoms with van der Waals surface area (Å²) >= 11 is 0. The molecule has 0 atom stereocenters. The molecule has 0 spiro atoms. The monoisotopic (exact) mass is 273 g/mol. The highest BCUT2D eigenvalue weighted by Gasteiger charge is 2.13. The Bertz CT molecular complexity index is 629. The summed E-state index contributed by atoms with van der Waals surface area (Å²) in [5.74, 6) is 0.510. The van der Waals surface area contributed by atoms with Crippen molar-refractivity contribution in [2.24, 2.45) is 0 Å². The third-order valence-corrected chi connectivity index (χ3v) is 2.86. The van der Waals surface area contributed by atoms with E-state index in [0.29, 0.717) is 18.1 Å². The molecule has 1 aromatic carbocycles. The van der Waals surface area contributed by atoms with Crippen molar-refractivity contribution in [2.45, 2.75) is 13.5 Å². The molecule has 6 nitrogen and oxygen atoms in total. The van der Waals surface area contributed by atoms with Gasteiger partial charge >= 0.3 is 0 Å². The van der Waals surface area contributed by atoms with Crippen LogP contribution in [0.5, 0.6) is 5.88 Å². The maximum Gasteiger partial charge on any atom is 0.292 e. The van der Waals surface area contributed by atoms with Crippen LogP contribution in [-0.2, 0) is 6.54 Å². The first-order valence-electron chi connectivity index (χ1n) is 6.08. The normalized spacial score (nSPS) is 10.1. The van der Waals surface area contributed by atoms with Crippen molar-refractivity contribution in [3.05, 3.63) is 57.8 Å². The zero-order chi connectivity index (χ0) is 14.5. The van der Waals surface area contributed by atoms with Crippen molar-refractivity contribution >= 4 is 11.4 Å². The van der Waals surface area contributed by atoms with Gasteiger partial charge in [0.05, 0.1) is 12.0 Å². The molecule has 0 aliphatic carbocycles. The largest absolute Gasteiger partial charge is 0.481 e. The van der Waals surface area contributed by atoms with Crippen LogP contribution in [0.2, 0.25) is 0 Å². The number of methoxy groups -OCH3 is 1.